The molecule has 1 aliphatic rings. The average molecular weight is 248 g/mol. The highest BCUT2D eigenvalue weighted by atomic mass is 16.2. The number of primary amides is 1. The molecule has 98 valence electrons. The van der Waals surface area contributed by atoms with Gasteiger partial charge in [-0.25, -0.2) is 4.79 Å². The number of anilines is 2. The maximum absolute atomic E-state index is 10.8. The van der Waals surface area contributed by atoms with Crippen molar-refractivity contribution in [3.05, 3.63) is 24.3 Å². The van der Waals surface area contributed by atoms with Gasteiger partial charge in [0.1, 0.15) is 0 Å². The van der Waals surface area contributed by atoms with E-state index in [1.165, 1.54) is 0 Å². The molecular weight excluding hydrogens is 228 g/mol. The number of nitrogens with one attached hydrogen (secondary N) is 2. The number of nitrogens with two attached hydrogens (primary N) is 2. The number of rotatable bonds is 3. The summed E-state index contributed by atoms with van der Waals surface area (Å²) in [5, 5.41) is 6.04. The molecule has 1 aliphatic carbocycles. The molecule has 1 aromatic carbocycles. The van der Waals surface area contributed by atoms with Crippen LogP contribution in [-0.4, -0.2) is 18.1 Å². The fourth-order valence-electron chi connectivity index (χ4n) is 2.33. The predicted molar refractivity (Wildman–Crippen MR) is 73.5 cm³/mol. The Labute approximate surface area is 107 Å². The standard InChI is InChI=1S/C13H20N4O/c14-9-4-6-10(7-5-9)16-11-2-1-3-12(8-11)17-13(15)18/h1-3,8-10,16H,4-7,14H2,(H3,15,17,18). The Bertz CT molecular complexity index is 413. The van der Waals surface area contributed by atoms with Gasteiger partial charge in [0.2, 0.25) is 0 Å². The zero-order valence-corrected chi connectivity index (χ0v) is 10.4. The number of benzene rings is 1. The predicted octanol–water partition coefficient (Wildman–Crippen LogP) is 1.86. The van der Waals surface area contributed by atoms with Crippen molar-refractivity contribution in [2.45, 2.75) is 37.8 Å². The molecule has 1 aromatic rings. The lowest BCUT2D eigenvalue weighted by Crippen LogP contribution is -2.32. The summed E-state index contributed by atoms with van der Waals surface area (Å²) in [4.78, 5) is 10.8. The van der Waals surface area contributed by atoms with E-state index in [0.717, 1.165) is 31.4 Å². The van der Waals surface area contributed by atoms with Crippen LogP contribution in [-0.2, 0) is 0 Å². The van der Waals surface area contributed by atoms with E-state index in [1.54, 1.807) is 0 Å². The molecular formula is C13H20N4O. The van der Waals surface area contributed by atoms with Crippen LogP contribution in [0.3, 0.4) is 0 Å². The number of carbonyl (C=O) groups is 1. The summed E-state index contributed by atoms with van der Waals surface area (Å²) in [6.07, 6.45) is 4.32. The summed E-state index contributed by atoms with van der Waals surface area (Å²) in [5.74, 6) is 0. The first-order chi connectivity index (χ1) is 8.63. The molecule has 0 heterocycles. The number of hydrogen-bond acceptors (Lipinski definition) is 3. The van der Waals surface area contributed by atoms with Crippen LogP contribution in [0.2, 0.25) is 0 Å². The lowest BCUT2D eigenvalue weighted by molar-refractivity contribution is 0.259. The van der Waals surface area contributed by atoms with Gasteiger partial charge in [-0.05, 0) is 43.9 Å². The molecule has 0 bridgehead atoms. The van der Waals surface area contributed by atoms with Gasteiger partial charge in [-0.2, -0.15) is 0 Å². The first-order valence-electron chi connectivity index (χ1n) is 6.32. The van der Waals surface area contributed by atoms with Gasteiger partial charge in [0.15, 0.2) is 0 Å². The SMILES string of the molecule is NC(=O)Nc1cccc(NC2CCC(N)CC2)c1. The second kappa shape index (κ2) is 5.73. The van der Waals surface area contributed by atoms with Crippen LogP contribution in [0.1, 0.15) is 25.7 Å². The van der Waals surface area contributed by atoms with E-state index in [4.69, 9.17) is 11.5 Å². The van der Waals surface area contributed by atoms with Gasteiger partial charge >= 0.3 is 6.03 Å². The fraction of sp³-hybridized carbons (Fsp3) is 0.462. The zero-order chi connectivity index (χ0) is 13.0. The maximum atomic E-state index is 10.8. The summed E-state index contributed by atoms with van der Waals surface area (Å²) < 4.78 is 0. The van der Waals surface area contributed by atoms with Crippen LogP contribution in [0.25, 0.3) is 0 Å². The zero-order valence-electron chi connectivity index (χ0n) is 10.4. The molecule has 0 unspecified atom stereocenters. The van der Waals surface area contributed by atoms with Crippen LogP contribution in [0.5, 0.6) is 0 Å². The van der Waals surface area contributed by atoms with Gasteiger partial charge in [0.25, 0.3) is 0 Å². The van der Waals surface area contributed by atoms with E-state index in [-0.39, 0.29) is 0 Å². The molecule has 0 atom stereocenters. The van der Waals surface area contributed by atoms with Crippen molar-refractivity contribution >= 4 is 17.4 Å². The summed E-state index contributed by atoms with van der Waals surface area (Å²) in [6, 6.07) is 7.85. The third kappa shape index (κ3) is 3.63. The highest BCUT2D eigenvalue weighted by Gasteiger charge is 2.18. The monoisotopic (exact) mass is 248 g/mol. The molecule has 0 aliphatic heterocycles. The van der Waals surface area contributed by atoms with Crippen molar-refractivity contribution in [3.63, 3.8) is 0 Å². The Kier molecular flexibility index (Phi) is 4.04. The highest BCUT2D eigenvalue weighted by molar-refractivity contribution is 5.88. The quantitative estimate of drug-likeness (QED) is 0.657. The lowest BCUT2D eigenvalue weighted by atomic mass is 9.91. The molecule has 0 saturated heterocycles. The molecule has 18 heavy (non-hydrogen) atoms. The van der Waals surface area contributed by atoms with E-state index in [1.807, 2.05) is 24.3 Å². The topological polar surface area (TPSA) is 93.2 Å². The minimum absolute atomic E-state index is 0.353. The Morgan fingerprint density at radius 2 is 1.83 bits per heavy atom. The van der Waals surface area contributed by atoms with E-state index in [9.17, 15) is 4.79 Å². The first-order valence-corrected chi connectivity index (χ1v) is 6.32. The van der Waals surface area contributed by atoms with Gasteiger partial charge < -0.3 is 22.1 Å². The van der Waals surface area contributed by atoms with E-state index in [2.05, 4.69) is 10.6 Å². The molecule has 6 N–H and O–H groups in total. The second-order valence-corrected chi connectivity index (χ2v) is 4.83. The van der Waals surface area contributed by atoms with Crippen LogP contribution >= 0.6 is 0 Å². The van der Waals surface area contributed by atoms with Crippen LogP contribution in [0, 0.1) is 0 Å². The van der Waals surface area contributed by atoms with Crippen LogP contribution < -0.4 is 22.1 Å². The molecule has 2 rings (SSSR count). The van der Waals surface area contributed by atoms with Gasteiger partial charge in [0.05, 0.1) is 0 Å². The van der Waals surface area contributed by atoms with E-state index < -0.39 is 6.03 Å². The van der Waals surface area contributed by atoms with Crippen molar-refractivity contribution in [3.8, 4) is 0 Å². The van der Waals surface area contributed by atoms with Gasteiger partial charge in [-0.3, -0.25) is 0 Å². The molecule has 5 nitrogen and oxygen atoms in total. The minimum atomic E-state index is -0.546. The Morgan fingerprint density at radius 3 is 2.50 bits per heavy atom. The number of urea groups is 1. The molecule has 1 saturated carbocycles. The highest BCUT2D eigenvalue weighted by Crippen LogP contribution is 2.22. The van der Waals surface area contributed by atoms with Gasteiger partial charge in [0, 0.05) is 23.5 Å². The van der Waals surface area contributed by atoms with Crippen molar-refractivity contribution in [1.82, 2.24) is 0 Å². The van der Waals surface area contributed by atoms with Crippen molar-refractivity contribution in [2.75, 3.05) is 10.6 Å². The fourth-order valence-corrected chi connectivity index (χ4v) is 2.33. The largest absolute Gasteiger partial charge is 0.382 e. The Morgan fingerprint density at radius 1 is 1.17 bits per heavy atom. The summed E-state index contributed by atoms with van der Waals surface area (Å²) in [5.41, 5.74) is 12.7. The van der Waals surface area contributed by atoms with Gasteiger partial charge in [-0.15, -0.1) is 0 Å². The van der Waals surface area contributed by atoms with Gasteiger partial charge in [-0.1, -0.05) is 6.07 Å². The minimum Gasteiger partial charge on any atom is -0.382 e. The molecule has 5 heteroatoms. The van der Waals surface area contributed by atoms with Crippen molar-refractivity contribution in [1.29, 1.82) is 0 Å². The van der Waals surface area contributed by atoms with Crippen molar-refractivity contribution < 1.29 is 4.79 Å². The molecule has 2 amide bonds. The first kappa shape index (κ1) is 12.7. The van der Waals surface area contributed by atoms with Crippen LogP contribution in [0.4, 0.5) is 16.2 Å². The lowest BCUT2D eigenvalue weighted by Gasteiger charge is -2.27. The molecule has 0 spiro atoms. The summed E-state index contributed by atoms with van der Waals surface area (Å²) in [6.45, 7) is 0. The number of amides is 2. The average Bonchev–Trinajstić information content (AvgIpc) is 2.32. The normalized spacial score (nSPS) is 23.4. The second-order valence-electron chi connectivity index (χ2n) is 4.83. The van der Waals surface area contributed by atoms with E-state index >= 15 is 0 Å². The third-order valence-electron chi connectivity index (χ3n) is 3.27. The smallest absolute Gasteiger partial charge is 0.316 e. The number of hydrogen-bond donors (Lipinski definition) is 4. The molecule has 0 radical (unpaired) electrons. The summed E-state index contributed by atoms with van der Waals surface area (Å²) >= 11 is 0. The van der Waals surface area contributed by atoms with Crippen molar-refractivity contribution in [2.24, 2.45) is 11.5 Å². The molecule has 1 fully saturated rings. The Balaban J connectivity index is 1.94. The molecule has 0 aromatic heterocycles. The Hall–Kier alpha value is -1.75. The third-order valence-corrected chi connectivity index (χ3v) is 3.27. The number of carbonyl (C=O) groups excluding carboxylic acids is 1. The summed E-state index contributed by atoms with van der Waals surface area (Å²) in [7, 11) is 0. The van der Waals surface area contributed by atoms with E-state index in [0.29, 0.717) is 17.8 Å². The van der Waals surface area contributed by atoms with Crippen LogP contribution in [0.15, 0.2) is 24.3 Å². The maximum Gasteiger partial charge on any atom is 0.316 e.